The molecule has 4 nitrogen and oxygen atoms in total. The van der Waals surface area contributed by atoms with Crippen molar-refractivity contribution in [1.82, 2.24) is 9.97 Å². The van der Waals surface area contributed by atoms with Crippen LogP contribution in [0, 0.1) is 5.92 Å². The average Bonchev–Trinajstić information content (AvgIpc) is 2.99. The zero-order valence-electron chi connectivity index (χ0n) is 9.00. The Kier molecular flexibility index (Phi) is 3.08. The Balaban J connectivity index is 2.02. The molecule has 0 radical (unpaired) electrons. The summed E-state index contributed by atoms with van der Waals surface area (Å²) in [6, 6.07) is 0.767. The molecular weight excluding hydrogens is 235 g/mol. The van der Waals surface area contributed by atoms with E-state index in [-0.39, 0.29) is 5.88 Å². The number of nitrogen functional groups attached to an aromatic ring is 1. The predicted octanol–water partition coefficient (Wildman–Crippen LogP) is 2.26. The smallest absolute Gasteiger partial charge is 0.433 e. The van der Waals surface area contributed by atoms with Crippen LogP contribution in [0.1, 0.15) is 25.0 Å². The molecule has 2 rings (SSSR count). The van der Waals surface area contributed by atoms with Gasteiger partial charge in [0.05, 0.1) is 6.61 Å². The van der Waals surface area contributed by atoms with Gasteiger partial charge in [0.1, 0.15) is 0 Å². The lowest BCUT2D eigenvalue weighted by Crippen LogP contribution is -2.12. The quantitative estimate of drug-likeness (QED) is 0.886. The molecule has 1 aliphatic rings. The predicted molar refractivity (Wildman–Crippen MR) is 54.3 cm³/mol. The summed E-state index contributed by atoms with van der Waals surface area (Å²) in [6.07, 6.45) is -1.36. The highest BCUT2D eigenvalue weighted by molar-refractivity contribution is 5.27. The van der Waals surface area contributed by atoms with Crippen molar-refractivity contribution >= 4 is 5.95 Å². The molecule has 0 aliphatic heterocycles. The van der Waals surface area contributed by atoms with Crippen LogP contribution in [-0.4, -0.2) is 16.6 Å². The van der Waals surface area contributed by atoms with Gasteiger partial charge in [0.15, 0.2) is 5.69 Å². The summed E-state index contributed by atoms with van der Waals surface area (Å²) < 4.78 is 42.4. The first-order chi connectivity index (χ1) is 7.95. The third kappa shape index (κ3) is 3.47. The number of aromatic nitrogens is 2. The van der Waals surface area contributed by atoms with E-state index in [4.69, 9.17) is 10.5 Å². The van der Waals surface area contributed by atoms with Gasteiger partial charge in [0.2, 0.25) is 11.8 Å². The average molecular weight is 247 g/mol. The maximum absolute atomic E-state index is 12.4. The van der Waals surface area contributed by atoms with Crippen molar-refractivity contribution in [3.8, 4) is 5.88 Å². The molecule has 0 spiro atoms. The van der Waals surface area contributed by atoms with Gasteiger partial charge in [0.25, 0.3) is 0 Å². The van der Waals surface area contributed by atoms with Gasteiger partial charge in [-0.1, -0.05) is 12.8 Å². The van der Waals surface area contributed by atoms with Gasteiger partial charge >= 0.3 is 6.18 Å². The number of ether oxygens (including phenoxy) is 1. The number of hydrogen-bond donors (Lipinski definition) is 1. The first-order valence-corrected chi connectivity index (χ1v) is 5.29. The summed E-state index contributed by atoms with van der Waals surface area (Å²) in [5, 5.41) is 0. The molecule has 7 heteroatoms. The zero-order valence-corrected chi connectivity index (χ0v) is 9.00. The fraction of sp³-hybridized carbons (Fsp3) is 0.600. The summed E-state index contributed by atoms with van der Waals surface area (Å²) in [6.45, 7) is 0.360. The number of nitrogens with two attached hydrogens (primary N) is 1. The van der Waals surface area contributed by atoms with Crippen molar-refractivity contribution in [3.05, 3.63) is 11.8 Å². The number of halogens is 3. The fourth-order valence-corrected chi connectivity index (χ4v) is 1.40. The Morgan fingerprint density at radius 1 is 1.35 bits per heavy atom. The third-order valence-electron chi connectivity index (χ3n) is 2.48. The van der Waals surface area contributed by atoms with Gasteiger partial charge in [0, 0.05) is 6.07 Å². The molecule has 1 saturated carbocycles. The van der Waals surface area contributed by atoms with Gasteiger partial charge < -0.3 is 10.5 Å². The SMILES string of the molecule is Nc1nc(OCCC2CC2)cc(C(F)(F)F)n1. The van der Waals surface area contributed by atoms with Crippen LogP contribution in [0.5, 0.6) is 5.88 Å². The highest BCUT2D eigenvalue weighted by Crippen LogP contribution is 2.33. The van der Waals surface area contributed by atoms with Crippen molar-refractivity contribution < 1.29 is 17.9 Å². The molecule has 0 unspecified atom stereocenters. The molecule has 2 N–H and O–H groups in total. The molecule has 0 aromatic carbocycles. The van der Waals surface area contributed by atoms with Gasteiger partial charge in [-0.15, -0.1) is 0 Å². The van der Waals surface area contributed by atoms with Gasteiger partial charge in [-0.3, -0.25) is 0 Å². The van der Waals surface area contributed by atoms with Gasteiger partial charge in [-0.05, 0) is 12.3 Å². The number of nitrogens with zero attached hydrogens (tertiary/aromatic N) is 2. The summed E-state index contributed by atoms with van der Waals surface area (Å²) in [7, 11) is 0. The lowest BCUT2D eigenvalue weighted by atomic mass is 10.3. The lowest BCUT2D eigenvalue weighted by Gasteiger charge is -2.09. The highest BCUT2D eigenvalue weighted by Gasteiger charge is 2.33. The van der Waals surface area contributed by atoms with E-state index < -0.39 is 17.8 Å². The molecule has 1 heterocycles. The molecule has 94 valence electrons. The molecule has 0 atom stereocenters. The molecule has 1 aromatic rings. The van der Waals surface area contributed by atoms with Crippen molar-refractivity contribution in [2.24, 2.45) is 5.92 Å². The van der Waals surface area contributed by atoms with Crippen LogP contribution in [0.3, 0.4) is 0 Å². The summed E-state index contributed by atoms with van der Waals surface area (Å²) >= 11 is 0. The second-order valence-electron chi connectivity index (χ2n) is 4.03. The molecule has 17 heavy (non-hydrogen) atoms. The molecule has 1 aromatic heterocycles. The van der Waals surface area contributed by atoms with Crippen LogP contribution in [0.15, 0.2) is 6.07 Å². The number of rotatable bonds is 4. The largest absolute Gasteiger partial charge is 0.478 e. The minimum atomic E-state index is -4.54. The number of anilines is 1. The number of hydrogen-bond acceptors (Lipinski definition) is 4. The Bertz CT molecular complexity index is 404. The second kappa shape index (κ2) is 4.38. The monoisotopic (exact) mass is 247 g/mol. The molecule has 0 amide bonds. The van der Waals surface area contributed by atoms with Gasteiger partial charge in [-0.2, -0.15) is 18.2 Å². The Hall–Kier alpha value is -1.53. The van der Waals surface area contributed by atoms with Crippen LogP contribution >= 0.6 is 0 Å². The van der Waals surface area contributed by atoms with E-state index in [2.05, 4.69) is 9.97 Å². The van der Waals surface area contributed by atoms with E-state index in [1.807, 2.05) is 0 Å². The maximum Gasteiger partial charge on any atom is 0.433 e. The van der Waals surface area contributed by atoms with Crippen LogP contribution < -0.4 is 10.5 Å². The van der Waals surface area contributed by atoms with E-state index in [1.54, 1.807) is 0 Å². The van der Waals surface area contributed by atoms with Crippen molar-refractivity contribution in [2.75, 3.05) is 12.3 Å². The van der Waals surface area contributed by atoms with Crippen molar-refractivity contribution in [1.29, 1.82) is 0 Å². The Labute approximate surface area is 96.0 Å². The standard InChI is InChI=1S/C10H12F3N3O/c11-10(12,13)7-5-8(16-9(14)15-7)17-4-3-6-1-2-6/h5-6H,1-4H2,(H2,14,15,16). The van der Waals surface area contributed by atoms with Crippen molar-refractivity contribution in [3.63, 3.8) is 0 Å². The summed E-state index contributed by atoms with van der Waals surface area (Å²) in [5.41, 5.74) is 4.12. The topological polar surface area (TPSA) is 61.0 Å². The van der Waals surface area contributed by atoms with Crippen LogP contribution in [0.4, 0.5) is 19.1 Å². The fourth-order valence-electron chi connectivity index (χ4n) is 1.40. The molecular formula is C10H12F3N3O. The number of alkyl halides is 3. The highest BCUT2D eigenvalue weighted by atomic mass is 19.4. The van der Waals surface area contributed by atoms with Gasteiger partial charge in [-0.25, -0.2) is 4.98 Å². The first kappa shape index (κ1) is 11.9. The van der Waals surface area contributed by atoms with Crippen LogP contribution in [-0.2, 0) is 6.18 Å². The molecule has 0 bridgehead atoms. The third-order valence-corrected chi connectivity index (χ3v) is 2.48. The normalized spacial score (nSPS) is 15.9. The van der Waals surface area contributed by atoms with E-state index >= 15 is 0 Å². The molecule has 1 fully saturated rings. The second-order valence-corrected chi connectivity index (χ2v) is 4.03. The first-order valence-electron chi connectivity index (χ1n) is 5.29. The summed E-state index contributed by atoms with van der Waals surface area (Å²) in [5.74, 6) is 0.1000. The zero-order chi connectivity index (χ0) is 12.5. The molecule has 0 saturated heterocycles. The van der Waals surface area contributed by atoms with E-state index in [0.717, 1.165) is 12.5 Å². The maximum atomic E-state index is 12.4. The van der Waals surface area contributed by atoms with E-state index in [9.17, 15) is 13.2 Å². The molecule has 1 aliphatic carbocycles. The minimum Gasteiger partial charge on any atom is -0.478 e. The Morgan fingerprint density at radius 2 is 2.06 bits per heavy atom. The van der Waals surface area contributed by atoms with Crippen LogP contribution in [0.2, 0.25) is 0 Å². The van der Waals surface area contributed by atoms with Crippen LogP contribution in [0.25, 0.3) is 0 Å². The van der Waals surface area contributed by atoms with E-state index in [0.29, 0.717) is 12.5 Å². The lowest BCUT2D eigenvalue weighted by molar-refractivity contribution is -0.141. The van der Waals surface area contributed by atoms with Crippen molar-refractivity contribution in [2.45, 2.75) is 25.4 Å². The Morgan fingerprint density at radius 3 is 2.65 bits per heavy atom. The minimum absolute atomic E-state index is 0.120. The van der Waals surface area contributed by atoms with E-state index in [1.165, 1.54) is 12.8 Å². The summed E-state index contributed by atoms with van der Waals surface area (Å²) in [4.78, 5) is 6.73.